The molecule has 0 bridgehead atoms. The molecule has 4 nitrogen and oxygen atoms in total. The maximum absolute atomic E-state index is 12.7. The highest BCUT2D eigenvalue weighted by molar-refractivity contribution is 5.85. The van der Waals surface area contributed by atoms with Crippen molar-refractivity contribution in [3.05, 3.63) is 30.1 Å². The Kier molecular flexibility index (Phi) is 7.60. The van der Waals surface area contributed by atoms with Crippen LogP contribution in [0.15, 0.2) is 24.5 Å². The molecule has 1 N–H and O–H groups in total. The Morgan fingerprint density at radius 3 is 2.45 bits per heavy atom. The fourth-order valence-electron chi connectivity index (χ4n) is 3.49. The average molecular weight is 346 g/mol. The molecule has 1 amide bonds. The Bertz CT molecular complexity index is 458. The molecule has 2 aliphatic rings. The summed E-state index contributed by atoms with van der Waals surface area (Å²) in [5, 5.41) is 3.47. The maximum Gasteiger partial charge on any atom is 0.229 e. The molecule has 22 heavy (non-hydrogen) atoms. The summed E-state index contributed by atoms with van der Waals surface area (Å²) in [7, 11) is 0. The molecule has 6 heteroatoms. The van der Waals surface area contributed by atoms with E-state index in [1.807, 2.05) is 19.1 Å². The quantitative estimate of drug-likeness (QED) is 0.895. The van der Waals surface area contributed by atoms with Crippen LogP contribution in [-0.2, 0) is 4.79 Å². The lowest BCUT2D eigenvalue weighted by atomic mass is 9.92. The fraction of sp³-hybridized carbons (Fsp3) is 0.625. The number of nitrogens with one attached hydrogen (secondary N) is 1. The van der Waals surface area contributed by atoms with Crippen molar-refractivity contribution in [2.75, 3.05) is 26.2 Å². The number of nitrogens with zero attached hydrogens (tertiary/aromatic N) is 2. The van der Waals surface area contributed by atoms with Gasteiger partial charge in [-0.05, 0) is 56.3 Å². The van der Waals surface area contributed by atoms with E-state index >= 15 is 0 Å². The first-order chi connectivity index (χ1) is 9.75. The summed E-state index contributed by atoms with van der Waals surface area (Å²) < 4.78 is 0. The van der Waals surface area contributed by atoms with E-state index in [-0.39, 0.29) is 36.6 Å². The second-order valence-corrected chi connectivity index (χ2v) is 6.09. The molecule has 0 aromatic carbocycles. The topological polar surface area (TPSA) is 45.2 Å². The van der Waals surface area contributed by atoms with E-state index in [1.165, 1.54) is 0 Å². The zero-order valence-electron chi connectivity index (χ0n) is 12.9. The first kappa shape index (κ1) is 19.2. The number of aromatic nitrogens is 1. The third kappa shape index (κ3) is 4.12. The van der Waals surface area contributed by atoms with Crippen LogP contribution in [0.5, 0.6) is 0 Å². The molecule has 3 rings (SSSR count). The molecular formula is C16H25Cl2N3O. The van der Waals surface area contributed by atoms with E-state index in [0.29, 0.717) is 0 Å². The molecule has 2 saturated heterocycles. The van der Waals surface area contributed by atoms with Gasteiger partial charge in [-0.25, -0.2) is 0 Å². The van der Waals surface area contributed by atoms with Gasteiger partial charge in [-0.1, -0.05) is 6.07 Å². The summed E-state index contributed by atoms with van der Waals surface area (Å²) in [6, 6.07) is 3.89. The predicted octanol–water partition coefficient (Wildman–Crippen LogP) is 2.49. The molecule has 0 radical (unpaired) electrons. The second kappa shape index (κ2) is 8.70. The van der Waals surface area contributed by atoms with Crippen molar-refractivity contribution in [1.29, 1.82) is 0 Å². The maximum atomic E-state index is 12.7. The number of fused-ring (bicyclic) bond motifs is 1. The monoisotopic (exact) mass is 345 g/mol. The number of rotatable bonds is 2. The van der Waals surface area contributed by atoms with Gasteiger partial charge in [0.1, 0.15) is 0 Å². The summed E-state index contributed by atoms with van der Waals surface area (Å²) in [6.07, 6.45) is 5.84. The van der Waals surface area contributed by atoms with E-state index in [1.54, 1.807) is 12.4 Å². The first-order valence-electron chi connectivity index (χ1n) is 7.65. The van der Waals surface area contributed by atoms with Crippen molar-refractivity contribution in [2.45, 2.75) is 25.7 Å². The zero-order valence-corrected chi connectivity index (χ0v) is 14.5. The highest BCUT2D eigenvalue weighted by atomic mass is 35.5. The van der Waals surface area contributed by atoms with E-state index < -0.39 is 0 Å². The standard InChI is InChI=1S/C16H23N3O.2ClH/c1-12(13-3-2-6-17-9-13)16(20)19-7-4-14-10-18-11-15(14)5-8-19;;/h2-3,6,9,12,14-15,18H,4-5,7-8,10-11H2,1H3;2*1H/t12?,14-,15+;;. The van der Waals surface area contributed by atoms with Crippen molar-refractivity contribution < 1.29 is 4.79 Å². The molecule has 1 unspecified atom stereocenters. The van der Waals surface area contributed by atoms with Crippen LogP contribution in [0.2, 0.25) is 0 Å². The molecule has 124 valence electrons. The zero-order chi connectivity index (χ0) is 13.9. The first-order valence-corrected chi connectivity index (χ1v) is 7.65. The van der Waals surface area contributed by atoms with Gasteiger partial charge in [0.2, 0.25) is 5.91 Å². The third-order valence-corrected chi connectivity index (χ3v) is 4.89. The minimum Gasteiger partial charge on any atom is -0.342 e. The van der Waals surface area contributed by atoms with Gasteiger partial charge in [0.25, 0.3) is 0 Å². The van der Waals surface area contributed by atoms with Crippen LogP contribution < -0.4 is 5.32 Å². The summed E-state index contributed by atoms with van der Waals surface area (Å²) >= 11 is 0. The van der Waals surface area contributed by atoms with E-state index in [0.717, 1.165) is 56.4 Å². The molecule has 3 atom stereocenters. The van der Waals surface area contributed by atoms with Crippen LogP contribution in [-0.4, -0.2) is 42.0 Å². The molecule has 0 spiro atoms. The molecule has 1 aromatic heterocycles. The highest BCUT2D eigenvalue weighted by Gasteiger charge is 2.32. The van der Waals surface area contributed by atoms with Gasteiger partial charge < -0.3 is 10.2 Å². The Morgan fingerprint density at radius 2 is 1.91 bits per heavy atom. The van der Waals surface area contributed by atoms with Crippen molar-refractivity contribution in [1.82, 2.24) is 15.2 Å². The van der Waals surface area contributed by atoms with Gasteiger partial charge in [0, 0.05) is 25.5 Å². The number of hydrogen-bond donors (Lipinski definition) is 1. The van der Waals surface area contributed by atoms with Crippen LogP contribution >= 0.6 is 24.8 Å². The summed E-state index contributed by atoms with van der Waals surface area (Å²) in [6.45, 7) is 6.07. The third-order valence-electron chi connectivity index (χ3n) is 4.89. The number of carbonyl (C=O) groups excluding carboxylic acids is 1. The summed E-state index contributed by atoms with van der Waals surface area (Å²) in [4.78, 5) is 18.8. The van der Waals surface area contributed by atoms with Gasteiger partial charge in [-0.15, -0.1) is 24.8 Å². The van der Waals surface area contributed by atoms with Crippen molar-refractivity contribution in [2.24, 2.45) is 11.8 Å². The molecular weight excluding hydrogens is 321 g/mol. The van der Waals surface area contributed by atoms with Crippen LogP contribution in [0.4, 0.5) is 0 Å². The number of carbonyl (C=O) groups is 1. The predicted molar refractivity (Wildman–Crippen MR) is 92.8 cm³/mol. The molecule has 3 heterocycles. The van der Waals surface area contributed by atoms with E-state index in [2.05, 4.69) is 15.2 Å². The van der Waals surface area contributed by atoms with Crippen molar-refractivity contribution >= 4 is 30.7 Å². The molecule has 1 aromatic rings. The Balaban J connectivity index is 0.00000121. The number of amides is 1. The van der Waals surface area contributed by atoms with Gasteiger partial charge in [0.05, 0.1) is 5.92 Å². The fourth-order valence-corrected chi connectivity index (χ4v) is 3.49. The van der Waals surface area contributed by atoms with Crippen LogP contribution in [0, 0.1) is 11.8 Å². The van der Waals surface area contributed by atoms with Gasteiger partial charge in [-0.3, -0.25) is 9.78 Å². The normalized spacial score (nSPS) is 25.2. The summed E-state index contributed by atoms with van der Waals surface area (Å²) in [5.41, 5.74) is 1.02. The Morgan fingerprint density at radius 1 is 1.27 bits per heavy atom. The molecule has 0 saturated carbocycles. The molecule has 2 fully saturated rings. The van der Waals surface area contributed by atoms with E-state index in [4.69, 9.17) is 0 Å². The lowest BCUT2D eigenvalue weighted by molar-refractivity contribution is -0.132. The van der Waals surface area contributed by atoms with Crippen LogP contribution in [0.1, 0.15) is 31.2 Å². The lowest BCUT2D eigenvalue weighted by Crippen LogP contribution is -2.35. The highest BCUT2D eigenvalue weighted by Crippen LogP contribution is 2.28. The van der Waals surface area contributed by atoms with Crippen LogP contribution in [0.25, 0.3) is 0 Å². The average Bonchev–Trinajstić information content (AvgIpc) is 2.85. The second-order valence-electron chi connectivity index (χ2n) is 6.09. The minimum absolute atomic E-state index is 0. The number of pyridine rings is 1. The van der Waals surface area contributed by atoms with E-state index in [9.17, 15) is 4.79 Å². The lowest BCUT2D eigenvalue weighted by Gasteiger charge is -2.24. The Labute approximate surface area is 144 Å². The number of halogens is 2. The van der Waals surface area contributed by atoms with Crippen LogP contribution in [0.3, 0.4) is 0 Å². The molecule has 0 aliphatic carbocycles. The number of hydrogen-bond acceptors (Lipinski definition) is 3. The summed E-state index contributed by atoms with van der Waals surface area (Å²) in [5.74, 6) is 1.70. The van der Waals surface area contributed by atoms with Gasteiger partial charge in [0.15, 0.2) is 0 Å². The van der Waals surface area contributed by atoms with Gasteiger partial charge in [-0.2, -0.15) is 0 Å². The smallest absolute Gasteiger partial charge is 0.229 e. The van der Waals surface area contributed by atoms with Crippen molar-refractivity contribution in [3.63, 3.8) is 0 Å². The minimum atomic E-state index is -0.0836. The Hall–Kier alpha value is -0.840. The molecule has 2 aliphatic heterocycles. The van der Waals surface area contributed by atoms with Gasteiger partial charge >= 0.3 is 0 Å². The number of likely N-dealkylation sites (tertiary alicyclic amines) is 1. The SMILES string of the molecule is CC(C(=O)N1CC[C@@H]2CNC[C@@H]2CC1)c1cccnc1.Cl.Cl. The van der Waals surface area contributed by atoms with Crippen molar-refractivity contribution in [3.8, 4) is 0 Å². The largest absolute Gasteiger partial charge is 0.342 e.